The van der Waals surface area contributed by atoms with Crippen molar-refractivity contribution in [2.75, 3.05) is 13.6 Å². The average Bonchev–Trinajstić information content (AvgIpc) is 3.09. The van der Waals surface area contributed by atoms with Gasteiger partial charge < -0.3 is 9.47 Å². The molecule has 1 saturated heterocycles. The highest BCUT2D eigenvalue weighted by atomic mass is 32.1. The first-order valence-corrected chi connectivity index (χ1v) is 9.96. The van der Waals surface area contributed by atoms with Crippen molar-refractivity contribution < 1.29 is 14.8 Å². The number of aromatic nitrogens is 2. The Kier molecular flexibility index (Phi) is 4.30. The van der Waals surface area contributed by atoms with Gasteiger partial charge in [-0.3, -0.25) is 14.9 Å². The number of carbonyl (C=O) groups excluding carboxylic acids is 2. The molecule has 0 spiro atoms. The number of amides is 3. The van der Waals surface area contributed by atoms with Crippen LogP contribution in [-0.4, -0.2) is 55.1 Å². The van der Waals surface area contributed by atoms with Crippen molar-refractivity contribution in [1.82, 2.24) is 24.8 Å². The topological polar surface area (TPSA) is 90.7 Å². The van der Waals surface area contributed by atoms with Gasteiger partial charge in [-0.15, -0.1) is 0 Å². The quantitative estimate of drug-likeness (QED) is 0.385. The van der Waals surface area contributed by atoms with Crippen LogP contribution in [0.5, 0.6) is 0 Å². The van der Waals surface area contributed by atoms with Gasteiger partial charge in [-0.05, 0) is 35.4 Å². The van der Waals surface area contributed by atoms with Crippen molar-refractivity contribution in [1.29, 1.82) is 0 Å². The fourth-order valence-electron chi connectivity index (χ4n) is 4.43. The summed E-state index contributed by atoms with van der Waals surface area (Å²) in [7, 11) is 1.73. The van der Waals surface area contributed by atoms with Gasteiger partial charge in [0.05, 0.1) is 17.5 Å². The van der Waals surface area contributed by atoms with Crippen molar-refractivity contribution >= 4 is 40.2 Å². The van der Waals surface area contributed by atoms with Gasteiger partial charge in [-0.2, -0.15) is 0 Å². The molecule has 9 heteroatoms. The largest absolute Gasteiger partial charge is 0.325 e. The van der Waals surface area contributed by atoms with E-state index in [0.717, 1.165) is 27.9 Å². The molecule has 2 bridgehead atoms. The molecule has 5 rings (SSSR count). The lowest BCUT2D eigenvalue weighted by molar-refractivity contribution is 0.0706. The molecule has 3 amide bonds. The molecule has 2 N–H and O–H groups in total. The van der Waals surface area contributed by atoms with Crippen molar-refractivity contribution in [3.63, 3.8) is 0 Å². The van der Waals surface area contributed by atoms with Gasteiger partial charge in [0.25, 0.3) is 5.91 Å². The van der Waals surface area contributed by atoms with E-state index < -0.39 is 5.91 Å². The molecule has 4 heterocycles. The summed E-state index contributed by atoms with van der Waals surface area (Å²) < 4.78 is 2.13. The number of pyridine rings is 1. The number of hydroxylamine groups is 1. The molecule has 0 aliphatic carbocycles. The predicted molar refractivity (Wildman–Crippen MR) is 113 cm³/mol. The van der Waals surface area contributed by atoms with Crippen LogP contribution in [0, 0.1) is 0 Å². The molecule has 1 fully saturated rings. The van der Waals surface area contributed by atoms with E-state index in [9.17, 15) is 9.59 Å². The van der Waals surface area contributed by atoms with Gasteiger partial charge in [0.2, 0.25) is 0 Å². The van der Waals surface area contributed by atoms with Crippen LogP contribution >= 0.6 is 12.2 Å². The number of hydrogen-bond donors (Lipinski definition) is 2. The first-order valence-electron chi connectivity index (χ1n) is 9.55. The van der Waals surface area contributed by atoms with Gasteiger partial charge in [0, 0.05) is 43.0 Å². The SMILES string of the molecule is CN1C(=O)N2Cc3c(c4cccnc4n3Cc3ccc(C(=O)NO)cc3)C(C2)C1=S. The Labute approximate surface area is 177 Å². The fourth-order valence-corrected chi connectivity index (χ4v) is 4.70. The first-order chi connectivity index (χ1) is 14.5. The van der Waals surface area contributed by atoms with E-state index in [1.165, 1.54) is 0 Å². The third-order valence-electron chi connectivity index (χ3n) is 5.91. The molecule has 2 aliphatic heterocycles. The summed E-state index contributed by atoms with van der Waals surface area (Å²) in [5, 5.41) is 9.85. The van der Waals surface area contributed by atoms with Crippen LogP contribution < -0.4 is 5.48 Å². The van der Waals surface area contributed by atoms with Crippen LogP contribution in [0.25, 0.3) is 11.0 Å². The van der Waals surface area contributed by atoms with Gasteiger partial charge in [0.1, 0.15) is 5.65 Å². The highest BCUT2D eigenvalue weighted by molar-refractivity contribution is 7.80. The molecule has 8 nitrogen and oxygen atoms in total. The molecule has 0 saturated carbocycles. The minimum absolute atomic E-state index is 0.0324. The van der Waals surface area contributed by atoms with Crippen LogP contribution in [0.4, 0.5) is 4.79 Å². The second-order valence-corrected chi connectivity index (χ2v) is 7.99. The van der Waals surface area contributed by atoms with E-state index in [2.05, 4.69) is 15.6 Å². The Bertz CT molecular complexity index is 1200. The molecular weight excluding hydrogens is 402 g/mol. The maximum Gasteiger partial charge on any atom is 0.325 e. The molecular formula is C21H19N5O3S. The molecule has 1 aromatic carbocycles. The predicted octanol–water partition coefficient (Wildman–Crippen LogP) is 2.50. The molecule has 30 heavy (non-hydrogen) atoms. The number of fused-ring (bicyclic) bond motifs is 6. The lowest BCUT2D eigenvalue weighted by Crippen LogP contribution is -2.55. The highest BCUT2D eigenvalue weighted by Crippen LogP contribution is 2.40. The maximum atomic E-state index is 12.7. The molecule has 0 radical (unpaired) electrons. The zero-order valence-electron chi connectivity index (χ0n) is 16.2. The third kappa shape index (κ3) is 2.70. The van der Waals surface area contributed by atoms with E-state index >= 15 is 0 Å². The number of rotatable bonds is 3. The Morgan fingerprint density at radius 3 is 2.80 bits per heavy atom. The molecule has 1 atom stereocenters. The lowest BCUT2D eigenvalue weighted by atomic mass is 9.90. The Morgan fingerprint density at radius 1 is 1.30 bits per heavy atom. The number of thiocarbonyl (C=S) groups is 1. The van der Waals surface area contributed by atoms with Crippen LogP contribution in [-0.2, 0) is 13.1 Å². The summed E-state index contributed by atoms with van der Waals surface area (Å²) in [5.74, 6) is -0.584. The molecule has 1 unspecified atom stereocenters. The van der Waals surface area contributed by atoms with Crippen LogP contribution in [0.3, 0.4) is 0 Å². The molecule has 2 aliphatic rings. The number of likely N-dealkylation sites (N-methyl/N-ethyl adjacent to an activating group) is 1. The van der Waals surface area contributed by atoms with E-state index in [1.54, 1.807) is 35.8 Å². The average molecular weight is 421 g/mol. The Morgan fingerprint density at radius 2 is 2.07 bits per heavy atom. The summed E-state index contributed by atoms with van der Waals surface area (Å²) in [5.41, 5.74) is 6.03. The Hall–Kier alpha value is -3.30. The van der Waals surface area contributed by atoms with Crippen molar-refractivity contribution in [2.45, 2.75) is 19.0 Å². The van der Waals surface area contributed by atoms with Gasteiger partial charge >= 0.3 is 6.03 Å². The lowest BCUT2D eigenvalue weighted by Gasteiger charge is -2.42. The van der Waals surface area contributed by atoms with Crippen molar-refractivity contribution in [3.8, 4) is 0 Å². The highest BCUT2D eigenvalue weighted by Gasteiger charge is 2.42. The summed E-state index contributed by atoms with van der Waals surface area (Å²) in [6, 6.07) is 10.9. The molecule has 152 valence electrons. The number of benzene rings is 1. The van der Waals surface area contributed by atoms with Crippen molar-refractivity contribution in [3.05, 3.63) is 65.0 Å². The summed E-state index contributed by atoms with van der Waals surface area (Å²) in [6.07, 6.45) is 1.76. The second kappa shape index (κ2) is 6.89. The number of carbonyl (C=O) groups is 2. The minimum atomic E-state index is -0.552. The second-order valence-electron chi connectivity index (χ2n) is 7.57. The standard InChI is InChI=1S/C21H19N5O3S/c1-24-20(30)15-10-25(21(24)28)11-16-17(15)14-3-2-8-22-18(14)26(16)9-12-4-6-13(7-5-12)19(27)23-29/h2-8,15,29H,9-11H2,1H3,(H,23,27). The zero-order valence-corrected chi connectivity index (χ0v) is 17.0. The normalized spacial score (nSPS) is 18.0. The number of hydrogen-bond acceptors (Lipinski definition) is 5. The van der Waals surface area contributed by atoms with Crippen LogP contribution in [0.2, 0.25) is 0 Å². The first kappa shape index (κ1) is 18.7. The minimum Gasteiger partial charge on any atom is -0.323 e. The van der Waals surface area contributed by atoms with E-state index in [4.69, 9.17) is 17.4 Å². The van der Waals surface area contributed by atoms with E-state index in [1.807, 2.05) is 23.1 Å². The summed E-state index contributed by atoms with van der Waals surface area (Å²) in [6.45, 7) is 1.63. The van der Waals surface area contributed by atoms with Crippen molar-refractivity contribution in [2.24, 2.45) is 0 Å². The number of urea groups is 1. The van der Waals surface area contributed by atoms with Gasteiger partial charge in [0.15, 0.2) is 0 Å². The van der Waals surface area contributed by atoms with Crippen LogP contribution in [0.15, 0.2) is 42.6 Å². The fraction of sp³-hybridized carbons (Fsp3) is 0.238. The number of nitrogens with one attached hydrogen (secondary N) is 1. The van der Waals surface area contributed by atoms with Gasteiger partial charge in [-0.1, -0.05) is 24.4 Å². The third-order valence-corrected chi connectivity index (χ3v) is 6.46. The smallest absolute Gasteiger partial charge is 0.323 e. The summed E-state index contributed by atoms with van der Waals surface area (Å²) in [4.78, 5) is 32.9. The maximum absolute atomic E-state index is 12.7. The zero-order chi connectivity index (χ0) is 21.0. The van der Waals surface area contributed by atoms with Crippen LogP contribution in [0.1, 0.15) is 33.1 Å². The van der Waals surface area contributed by atoms with Gasteiger partial charge in [-0.25, -0.2) is 15.3 Å². The van der Waals surface area contributed by atoms with E-state index in [0.29, 0.717) is 30.2 Å². The monoisotopic (exact) mass is 421 g/mol. The van der Waals surface area contributed by atoms with E-state index in [-0.39, 0.29) is 11.9 Å². The molecule has 3 aromatic rings. The number of nitrogens with zero attached hydrogens (tertiary/aromatic N) is 4. The molecule has 2 aromatic heterocycles. The summed E-state index contributed by atoms with van der Waals surface area (Å²) >= 11 is 5.63. The Balaban J connectivity index is 1.62.